The van der Waals surface area contributed by atoms with E-state index < -0.39 is 0 Å². The smallest absolute Gasteiger partial charge is 0.400 e. The van der Waals surface area contributed by atoms with Gasteiger partial charge in [-0.2, -0.15) is 0 Å². The van der Waals surface area contributed by atoms with Crippen molar-refractivity contribution in [3.63, 3.8) is 0 Å². The van der Waals surface area contributed by atoms with Crippen molar-refractivity contribution < 1.29 is 9.31 Å². The predicted octanol–water partition coefficient (Wildman–Crippen LogP) is 1.71. The molecule has 0 aromatic carbocycles. The van der Waals surface area contributed by atoms with Gasteiger partial charge < -0.3 is 14.6 Å². The van der Waals surface area contributed by atoms with Gasteiger partial charge >= 0.3 is 7.12 Å². The van der Waals surface area contributed by atoms with Gasteiger partial charge in [-0.25, -0.2) is 0 Å². The first-order chi connectivity index (χ1) is 9.36. The van der Waals surface area contributed by atoms with Gasteiger partial charge in [-0.3, -0.25) is 9.97 Å². The summed E-state index contributed by atoms with van der Waals surface area (Å²) < 4.78 is 12.1. The number of hydrogen-bond acceptors (Lipinski definition) is 5. The van der Waals surface area contributed by atoms with Crippen LogP contribution in [0.25, 0.3) is 6.08 Å². The van der Waals surface area contributed by atoms with Crippen molar-refractivity contribution in [3.05, 3.63) is 29.8 Å². The summed E-state index contributed by atoms with van der Waals surface area (Å²) in [6.45, 7) is 8.87. The molecule has 108 valence electrons. The van der Waals surface area contributed by atoms with E-state index in [-0.39, 0.29) is 18.3 Å². The molecule has 1 aromatic rings. The lowest BCUT2D eigenvalue weighted by molar-refractivity contribution is 0.00578. The van der Waals surface area contributed by atoms with Crippen LogP contribution in [0, 0.1) is 0 Å². The van der Waals surface area contributed by atoms with E-state index in [2.05, 4.69) is 15.3 Å². The second-order valence-electron chi connectivity index (χ2n) is 5.97. The van der Waals surface area contributed by atoms with Gasteiger partial charge in [0, 0.05) is 18.9 Å². The molecule has 1 aromatic heterocycles. The molecule has 1 aliphatic heterocycles. The van der Waals surface area contributed by atoms with Gasteiger partial charge in [-0.05, 0) is 46.3 Å². The third-order valence-electron chi connectivity index (χ3n) is 3.85. The van der Waals surface area contributed by atoms with Crippen LogP contribution in [0.15, 0.2) is 24.1 Å². The van der Waals surface area contributed by atoms with Crippen LogP contribution in [0.2, 0.25) is 0 Å². The van der Waals surface area contributed by atoms with E-state index in [9.17, 15) is 0 Å². The second-order valence-corrected chi connectivity index (χ2v) is 5.97. The summed E-state index contributed by atoms with van der Waals surface area (Å²) in [5, 5.41) is 3.14. The molecule has 1 aliphatic rings. The third-order valence-corrected chi connectivity index (χ3v) is 3.85. The van der Waals surface area contributed by atoms with Crippen molar-refractivity contribution in [1.82, 2.24) is 15.3 Å². The van der Waals surface area contributed by atoms with Crippen molar-refractivity contribution in [2.24, 2.45) is 0 Å². The standard InChI is InChI=1S/C14H22BN3O2/c1-13(2)14(3,4)20-15(19-13)11(9-16-5)8-12-10-17-6-7-18-12/h6-8,10,16H,9H2,1-5H3. The zero-order chi connectivity index (χ0) is 14.8. The molecule has 0 saturated carbocycles. The minimum absolute atomic E-state index is 0.340. The fraction of sp³-hybridized carbons (Fsp3) is 0.571. The summed E-state index contributed by atoms with van der Waals surface area (Å²) in [7, 11) is 1.53. The van der Waals surface area contributed by atoms with Crippen LogP contribution in [0.4, 0.5) is 0 Å². The summed E-state index contributed by atoms with van der Waals surface area (Å²) >= 11 is 0. The summed E-state index contributed by atoms with van der Waals surface area (Å²) in [5.41, 5.74) is 1.12. The number of likely N-dealkylation sites (N-methyl/N-ethyl adjacent to an activating group) is 1. The molecule has 0 unspecified atom stereocenters. The number of nitrogens with one attached hydrogen (secondary N) is 1. The number of rotatable bonds is 4. The number of hydrogen-bond donors (Lipinski definition) is 1. The van der Waals surface area contributed by atoms with E-state index in [4.69, 9.17) is 9.31 Å². The molecule has 0 atom stereocenters. The second kappa shape index (κ2) is 5.64. The first-order valence-electron chi connectivity index (χ1n) is 6.82. The minimum atomic E-state index is -0.366. The van der Waals surface area contributed by atoms with E-state index in [1.807, 2.05) is 40.8 Å². The topological polar surface area (TPSA) is 56.3 Å². The highest BCUT2D eigenvalue weighted by atomic mass is 16.7. The van der Waals surface area contributed by atoms with Crippen LogP contribution in [-0.2, 0) is 9.31 Å². The summed E-state index contributed by atoms with van der Waals surface area (Å²) in [6, 6.07) is 0. The largest absolute Gasteiger partial charge is 0.491 e. The maximum absolute atomic E-state index is 6.07. The highest BCUT2D eigenvalue weighted by Crippen LogP contribution is 2.38. The molecule has 0 spiro atoms. The fourth-order valence-corrected chi connectivity index (χ4v) is 1.98. The number of aromatic nitrogens is 2. The summed E-state index contributed by atoms with van der Waals surface area (Å²) in [4.78, 5) is 8.34. The molecule has 0 amide bonds. The van der Waals surface area contributed by atoms with Gasteiger partial charge in [0.1, 0.15) is 0 Å². The Kier molecular flexibility index (Phi) is 4.27. The van der Waals surface area contributed by atoms with Crippen molar-refractivity contribution >= 4 is 13.2 Å². The lowest BCUT2D eigenvalue weighted by atomic mass is 9.77. The molecule has 0 bridgehead atoms. The lowest BCUT2D eigenvalue weighted by Crippen LogP contribution is -2.41. The van der Waals surface area contributed by atoms with Gasteiger partial charge in [-0.15, -0.1) is 0 Å². The Hall–Kier alpha value is -1.24. The number of nitrogens with zero attached hydrogens (tertiary/aromatic N) is 2. The van der Waals surface area contributed by atoms with Crippen molar-refractivity contribution in [2.45, 2.75) is 38.9 Å². The molecule has 1 N–H and O–H groups in total. The highest BCUT2D eigenvalue weighted by molar-refractivity contribution is 6.55. The highest BCUT2D eigenvalue weighted by Gasteiger charge is 2.52. The molecule has 2 rings (SSSR count). The van der Waals surface area contributed by atoms with Crippen LogP contribution in [0.3, 0.4) is 0 Å². The molecule has 2 heterocycles. The lowest BCUT2D eigenvalue weighted by Gasteiger charge is -2.32. The Morgan fingerprint density at radius 2 is 1.90 bits per heavy atom. The summed E-state index contributed by atoms with van der Waals surface area (Å²) in [6.07, 6.45) is 7.02. The van der Waals surface area contributed by atoms with Gasteiger partial charge in [0.2, 0.25) is 0 Å². The molecular formula is C14H22BN3O2. The Balaban J connectivity index is 2.25. The molecular weight excluding hydrogens is 253 g/mol. The van der Waals surface area contributed by atoms with Crippen molar-refractivity contribution in [1.29, 1.82) is 0 Å². The van der Waals surface area contributed by atoms with Crippen LogP contribution < -0.4 is 5.32 Å². The Morgan fingerprint density at radius 3 is 2.40 bits per heavy atom. The fourth-order valence-electron chi connectivity index (χ4n) is 1.98. The van der Waals surface area contributed by atoms with Crippen molar-refractivity contribution in [3.8, 4) is 0 Å². The van der Waals surface area contributed by atoms with E-state index in [0.717, 1.165) is 11.2 Å². The molecule has 1 fully saturated rings. The van der Waals surface area contributed by atoms with Gasteiger partial charge in [0.25, 0.3) is 0 Å². The third kappa shape index (κ3) is 3.08. The maximum Gasteiger partial charge on any atom is 0.491 e. The van der Waals surface area contributed by atoms with Crippen LogP contribution in [0.5, 0.6) is 0 Å². The molecule has 6 heteroatoms. The van der Waals surface area contributed by atoms with Crippen LogP contribution in [-0.4, -0.2) is 41.9 Å². The van der Waals surface area contributed by atoms with E-state index in [1.54, 1.807) is 18.6 Å². The Labute approximate surface area is 120 Å². The maximum atomic E-state index is 6.07. The predicted molar refractivity (Wildman–Crippen MR) is 80.0 cm³/mol. The van der Waals surface area contributed by atoms with Gasteiger partial charge in [0.15, 0.2) is 0 Å². The average molecular weight is 275 g/mol. The van der Waals surface area contributed by atoms with E-state index in [1.165, 1.54) is 0 Å². The Morgan fingerprint density at radius 1 is 1.25 bits per heavy atom. The minimum Gasteiger partial charge on any atom is -0.400 e. The van der Waals surface area contributed by atoms with E-state index >= 15 is 0 Å². The van der Waals surface area contributed by atoms with Gasteiger partial charge in [-0.1, -0.05) is 0 Å². The molecule has 20 heavy (non-hydrogen) atoms. The first kappa shape index (κ1) is 15.2. The molecule has 1 saturated heterocycles. The zero-order valence-corrected chi connectivity index (χ0v) is 12.8. The van der Waals surface area contributed by atoms with Crippen molar-refractivity contribution in [2.75, 3.05) is 13.6 Å². The van der Waals surface area contributed by atoms with Crippen LogP contribution in [0.1, 0.15) is 33.4 Å². The SMILES string of the molecule is CNCC(=Cc1cnccn1)B1OC(C)(C)C(C)(C)O1. The zero-order valence-electron chi connectivity index (χ0n) is 12.8. The normalized spacial score (nSPS) is 21.2. The summed E-state index contributed by atoms with van der Waals surface area (Å²) in [5.74, 6) is 0. The quantitative estimate of drug-likeness (QED) is 0.848. The van der Waals surface area contributed by atoms with Gasteiger partial charge in [0.05, 0.1) is 23.1 Å². The molecule has 5 nitrogen and oxygen atoms in total. The molecule has 0 aliphatic carbocycles. The monoisotopic (exact) mass is 275 g/mol. The average Bonchev–Trinajstić information content (AvgIpc) is 2.59. The van der Waals surface area contributed by atoms with Crippen LogP contribution >= 0.6 is 0 Å². The first-order valence-corrected chi connectivity index (χ1v) is 6.82. The van der Waals surface area contributed by atoms with E-state index in [0.29, 0.717) is 6.54 Å². The Bertz CT molecular complexity index is 472. The molecule has 0 radical (unpaired) electrons.